The molecule has 220 valence electrons. The van der Waals surface area contributed by atoms with E-state index < -0.39 is 17.9 Å². The highest BCUT2D eigenvalue weighted by Crippen LogP contribution is 2.24. The molecule has 0 aliphatic heterocycles. The van der Waals surface area contributed by atoms with Gasteiger partial charge in [0.1, 0.15) is 17.2 Å². The number of esters is 3. The summed E-state index contributed by atoms with van der Waals surface area (Å²) in [6.07, 6.45) is 1.09. The molecule has 0 saturated carbocycles. The van der Waals surface area contributed by atoms with E-state index in [0.717, 1.165) is 22.8 Å². The van der Waals surface area contributed by atoms with Gasteiger partial charge in [0.15, 0.2) is 0 Å². The summed E-state index contributed by atoms with van der Waals surface area (Å²) in [7, 11) is 0. The van der Waals surface area contributed by atoms with Crippen molar-refractivity contribution in [1.82, 2.24) is 0 Å². The summed E-state index contributed by atoms with van der Waals surface area (Å²) in [6, 6.07) is 26.7. The second-order valence-corrected chi connectivity index (χ2v) is 9.80. The normalized spacial score (nSPS) is 9.73. The number of hydrogen-bond acceptors (Lipinski definition) is 6. The third-order valence-corrected chi connectivity index (χ3v) is 6.10. The van der Waals surface area contributed by atoms with Gasteiger partial charge < -0.3 is 14.2 Å². The smallest absolute Gasteiger partial charge is 0.338 e. The average Bonchev–Trinajstić information content (AvgIpc) is 3.04. The molecule has 0 spiro atoms. The van der Waals surface area contributed by atoms with Crippen LogP contribution in [0.3, 0.4) is 0 Å². The average molecular weight is 593 g/mol. The van der Waals surface area contributed by atoms with Crippen molar-refractivity contribution in [2.45, 2.75) is 13.8 Å². The molecule has 4 aromatic rings. The zero-order chi connectivity index (χ0) is 32.3. The zero-order valence-corrected chi connectivity index (χ0v) is 24.8. The highest BCUT2D eigenvalue weighted by molar-refractivity contribution is 5.89. The Bertz CT molecular complexity index is 1920. The Hall–Kier alpha value is -6.37. The third-order valence-electron chi connectivity index (χ3n) is 6.10. The van der Waals surface area contributed by atoms with E-state index in [0.29, 0.717) is 33.8 Å². The van der Waals surface area contributed by atoms with E-state index in [1.165, 1.54) is 0 Å². The summed E-state index contributed by atoms with van der Waals surface area (Å²) in [5.74, 6) is 11.8. The van der Waals surface area contributed by atoms with Gasteiger partial charge in [0, 0.05) is 33.9 Å². The zero-order valence-electron chi connectivity index (χ0n) is 24.8. The first kappa shape index (κ1) is 31.6. The Morgan fingerprint density at radius 2 is 1.02 bits per heavy atom. The molecule has 0 saturated heterocycles. The fourth-order valence-electron chi connectivity index (χ4n) is 3.68. The van der Waals surface area contributed by atoms with E-state index in [1.807, 2.05) is 36.4 Å². The van der Waals surface area contributed by atoms with Gasteiger partial charge in [0.05, 0.1) is 5.56 Å². The van der Waals surface area contributed by atoms with Gasteiger partial charge in [-0.05, 0) is 91.7 Å². The van der Waals surface area contributed by atoms with Gasteiger partial charge in [-0.3, -0.25) is 0 Å². The Balaban J connectivity index is 1.52. The molecular formula is C39H28O6. The molecule has 0 aliphatic rings. The maximum Gasteiger partial charge on any atom is 0.338 e. The minimum atomic E-state index is -0.572. The molecular weight excluding hydrogens is 564 g/mol. The van der Waals surface area contributed by atoms with Crippen LogP contribution in [0.2, 0.25) is 0 Å². The monoisotopic (exact) mass is 592 g/mol. The van der Waals surface area contributed by atoms with Gasteiger partial charge in [-0.25, -0.2) is 14.4 Å². The Labute approximate surface area is 262 Å². The summed E-state index contributed by atoms with van der Waals surface area (Å²) in [5.41, 5.74) is 5.06. The summed E-state index contributed by atoms with van der Waals surface area (Å²) >= 11 is 0. The van der Waals surface area contributed by atoms with Crippen molar-refractivity contribution in [3.05, 3.63) is 150 Å². The molecule has 0 amide bonds. The van der Waals surface area contributed by atoms with Gasteiger partial charge in [0.2, 0.25) is 0 Å². The van der Waals surface area contributed by atoms with Crippen LogP contribution in [-0.2, 0) is 14.4 Å². The number of ether oxygens (including phenoxy) is 3. The minimum absolute atomic E-state index is 0.250. The van der Waals surface area contributed by atoms with Crippen molar-refractivity contribution < 1.29 is 28.6 Å². The van der Waals surface area contributed by atoms with Crippen LogP contribution in [-0.4, -0.2) is 17.9 Å². The Morgan fingerprint density at radius 3 is 1.60 bits per heavy atom. The van der Waals surface area contributed by atoms with Crippen molar-refractivity contribution in [2.24, 2.45) is 0 Å². The standard InChI is InChI=1S/C39H28O6/c1-6-37(40)43-34-21-13-28(14-22-34)7-8-30-12-18-33(36(25-30)45-39(42)27(4)5)17-11-29-9-15-31(16-10-29)32-19-23-35(24-20-32)44-38(41)26(2)3/h6,9-10,12-16,18-25H,1-2,4H2,3,5H3. The summed E-state index contributed by atoms with van der Waals surface area (Å²) in [6.45, 7) is 13.8. The van der Waals surface area contributed by atoms with Crippen molar-refractivity contribution in [2.75, 3.05) is 0 Å². The third kappa shape index (κ3) is 9.06. The van der Waals surface area contributed by atoms with E-state index in [9.17, 15) is 14.4 Å². The fourth-order valence-corrected chi connectivity index (χ4v) is 3.68. The van der Waals surface area contributed by atoms with Crippen LogP contribution in [0.1, 0.15) is 36.1 Å². The highest BCUT2D eigenvalue weighted by atomic mass is 16.5. The molecule has 0 N–H and O–H groups in total. The molecule has 4 rings (SSSR count). The molecule has 0 unspecified atom stereocenters. The molecule has 0 fully saturated rings. The van der Waals surface area contributed by atoms with Crippen LogP contribution in [0, 0.1) is 23.7 Å². The van der Waals surface area contributed by atoms with Crippen molar-refractivity contribution in [3.63, 3.8) is 0 Å². The lowest BCUT2D eigenvalue weighted by atomic mass is 10.0. The van der Waals surface area contributed by atoms with E-state index >= 15 is 0 Å². The van der Waals surface area contributed by atoms with E-state index in [2.05, 4.69) is 43.4 Å². The molecule has 0 aliphatic carbocycles. The SMILES string of the molecule is C=CC(=O)Oc1ccc(C#Cc2ccc(C#Cc3ccc(-c4ccc(OC(=O)C(=C)C)cc4)cc3)c(OC(=O)C(=C)C)c2)cc1. The summed E-state index contributed by atoms with van der Waals surface area (Å²) in [4.78, 5) is 35.5. The summed E-state index contributed by atoms with van der Waals surface area (Å²) < 4.78 is 15.9. The Kier molecular flexibility index (Phi) is 10.3. The van der Waals surface area contributed by atoms with Crippen LogP contribution < -0.4 is 14.2 Å². The lowest BCUT2D eigenvalue weighted by Gasteiger charge is -2.07. The van der Waals surface area contributed by atoms with Gasteiger partial charge in [0.25, 0.3) is 0 Å². The number of rotatable bonds is 7. The van der Waals surface area contributed by atoms with Crippen molar-refractivity contribution in [1.29, 1.82) is 0 Å². The van der Waals surface area contributed by atoms with Crippen LogP contribution in [0.4, 0.5) is 0 Å². The molecule has 4 aromatic carbocycles. The summed E-state index contributed by atoms with van der Waals surface area (Å²) in [5, 5.41) is 0. The number of carbonyl (C=O) groups excluding carboxylic acids is 3. The largest absolute Gasteiger partial charge is 0.423 e. The predicted octanol–water partition coefficient (Wildman–Crippen LogP) is 7.21. The minimum Gasteiger partial charge on any atom is -0.423 e. The highest BCUT2D eigenvalue weighted by Gasteiger charge is 2.10. The molecule has 0 bridgehead atoms. The predicted molar refractivity (Wildman–Crippen MR) is 173 cm³/mol. The molecule has 0 aromatic heterocycles. The molecule has 0 heterocycles. The second-order valence-electron chi connectivity index (χ2n) is 9.80. The first-order valence-electron chi connectivity index (χ1n) is 13.7. The van der Waals surface area contributed by atoms with Gasteiger partial charge in [-0.15, -0.1) is 0 Å². The maximum absolute atomic E-state index is 12.4. The maximum atomic E-state index is 12.4. The quantitative estimate of drug-likeness (QED) is 0.0977. The second kappa shape index (κ2) is 14.7. The lowest BCUT2D eigenvalue weighted by molar-refractivity contribution is -0.130. The van der Waals surface area contributed by atoms with E-state index in [-0.39, 0.29) is 11.3 Å². The van der Waals surface area contributed by atoms with Crippen molar-refractivity contribution >= 4 is 17.9 Å². The topological polar surface area (TPSA) is 78.9 Å². The molecule has 6 heteroatoms. The van der Waals surface area contributed by atoms with E-state index in [1.54, 1.807) is 68.4 Å². The first-order chi connectivity index (χ1) is 21.6. The van der Waals surface area contributed by atoms with Gasteiger partial charge in [-0.2, -0.15) is 0 Å². The number of carbonyl (C=O) groups is 3. The van der Waals surface area contributed by atoms with Crippen molar-refractivity contribution in [3.8, 4) is 52.1 Å². The molecule has 0 radical (unpaired) electrons. The van der Waals surface area contributed by atoms with Crippen LogP contribution in [0.5, 0.6) is 17.2 Å². The van der Waals surface area contributed by atoms with Crippen LogP contribution >= 0.6 is 0 Å². The van der Waals surface area contributed by atoms with E-state index in [4.69, 9.17) is 14.2 Å². The van der Waals surface area contributed by atoms with Crippen LogP contribution in [0.15, 0.2) is 128 Å². The van der Waals surface area contributed by atoms with Crippen LogP contribution in [0.25, 0.3) is 11.1 Å². The number of benzene rings is 4. The van der Waals surface area contributed by atoms with Gasteiger partial charge in [-0.1, -0.05) is 67.7 Å². The fraction of sp³-hybridized carbons (Fsp3) is 0.0513. The Morgan fingerprint density at radius 1 is 0.578 bits per heavy atom. The first-order valence-corrected chi connectivity index (χ1v) is 13.7. The lowest BCUT2D eigenvalue weighted by Crippen LogP contribution is -2.09. The molecule has 0 atom stereocenters. The van der Waals surface area contributed by atoms with Gasteiger partial charge >= 0.3 is 17.9 Å². The molecule has 6 nitrogen and oxygen atoms in total. The molecule has 45 heavy (non-hydrogen) atoms. The number of hydrogen-bond donors (Lipinski definition) is 0.